The lowest BCUT2D eigenvalue weighted by Crippen LogP contribution is -3.08. The summed E-state index contributed by atoms with van der Waals surface area (Å²) in [6.07, 6.45) is 0. The lowest BCUT2D eigenvalue weighted by atomic mass is 10.2. The summed E-state index contributed by atoms with van der Waals surface area (Å²) in [5, 5.41) is 7.28. The van der Waals surface area contributed by atoms with Crippen LogP contribution in [0.4, 0.5) is 10.1 Å². The maximum absolute atomic E-state index is 13.7. The fraction of sp³-hybridized carbons (Fsp3) is 0.238. The Morgan fingerprint density at radius 3 is 2.48 bits per heavy atom. The van der Waals surface area contributed by atoms with Crippen LogP contribution >= 0.6 is 0 Å². The quantitative estimate of drug-likeness (QED) is 0.702. The number of likely N-dealkylation sites (N-methyl/N-ethyl adjacent to an activating group) is 1. The summed E-state index contributed by atoms with van der Waals surface area (Å²) in [4.78, 5) is 13.2. The van der Waals surface area contributed by atoms with Gasteiger partial charge >= 0.3 is 0 Å². The Morgan fingerprint density at radius 1 is 1.11 bits per heavy atom. The van der Waals surface area contributed by atoms with Crippen LogP contribution in [0.15, 0.2) is 54.6 Å². The lowest BCUT2D eigenvalue weighted by Gasteiger charge is -2.14. The summed E-state index contributed by atoms with van der Waals surface area (Å²) in [6, 6.07) is 16.1. The first-order chi connectivity index (χ1) is 13.0. The number of aromatic nitrogens is 2. The zero-order valence-electron chi connectivity index (χ0n) is 15.8. The van der Waals surface area contributed by atoms with E-state index in [1.165, 1.54) is 6.07 Å². The topological polar surface area (TPSA) is 51.4 Å². The fourth-order valence-electron chi connectivity index (χ4n) is 3.15. The highest BCUT2D eigenvalue weighted by atomic mass is 19.1. The molecule has 0 saturated heterocycles. The molecule has 5 nitrogen and oxygen atoms in total. The van der Waals surface area contributed by atoms with E-state index in [1.54, 1.807) is 18.2 Å². The SMILES string of the molecule is Cc1nn(-c2ccccc2)c(C)c1C[NH+](C)CC(=O)Nc1ccccc1F. The highest BCUT2D eigenvalue weighted by Gasteiger charge is 2.18. The van der Waals surface area contributed by atoms with Crippen molar-refractivity contribution in [2.75, 3.05) is 18.9 Å². The number of nitrogens with zero attached hydrogens (tertiary/aromatic N) is 2. The Hall–Kier alpha value is -2.99. The van der Waals surface area contributed by atoms with Crippen molar-refractivity contribution in [1.29, 1.82) is 0 Å². The van der Waals surface area contributed by atoms with Gasteiger partial charge in [-0.25, -0.2) is 9.07 Å². The van der Waals surface area contributed by atoms with Crippen molar-refractivity contribution in [2.45, 2.75) is 20.4 Å². The fourth-order valence-corrected chi connectivity index (χ4v) is 3.15. The summed E-state index contributed by atoms with van der Waals surface area (Å²) in [7, 11) is 1.94. The Labute approximate surface area is 158 Å². The van der Waals surface area contributed by atoms with E-state index in [4.69, 9.17) is 0 Å². The van der Waals surface area contributed by atoms with E-state index in [-0.39, 0.29) is 18.1 Å². The Kier molecular flexibility index (Phi) is 5.66. The third-order valence-corrected chi connectivity index (χ3v) is 4.53. The van der Waals surface area contributed by atoms with E-state index in [9.17, 15) is 9.18 Å². The summed E-state index contributed by atoms with van der Waals surface area (Å²) < 4.78 is 15.6. The van der Waals surface area contributed by atoms with Crippen molar-refractivity contribution in [1.82, 2.24) is 9.78 Å². The molecule has 0 bridgehead atoms. The van der Waals surface area contributed by atoms with Crippen LogP contribution in [-0.4, -0.2) is 29.3 Å². The number of hydrogen-bond acceptors (Lipinski definition) is 2. The van der Waals surface area contributed by atoms with Crippen molar-refractivity contribution >= 4 is 11.6 Å². The van der Waals surface area contributed by atoms with E-state index in [0.717, 1.165) is 27.5 Å². The molecule has 1 aromatic heterocycles. The molecule has 140 valence electrons. The van der Waals surface area contributed by atoms with Gasteiger partial charge in [0.15, 0.2) is 6.54 Å². The van der Waals surface area contributed by atoms with Gasteiger partial charge in [-0.3, -0.25) is 4.79 Å². The molecule has 1 amide bonds. The first-order valence-electron chi connectivity index (χ1n) is 8.92. The number of aryl methyl sites for hydroxylation is 1. The minimum atomic E-state index is -0.431. The molecule has 2 aromatic carbocycles. The number of nitrogens with one attached hydrogen (secondary N) is 2. The van der Waals surface area contributed by atoms with Crippen LogP contribution in [-0.2, 0) is 11.3 Å². The average molecular weight is 367 g/mol. The van der Waals surface area contributed by atoms with E-state index in [1.807, 2.05) is 55.9 Å². The van der Waals surface area contributed by atoms with Gasteiger partial charge in [0.05, 0.1) is 35.4 Å². The zero-order valence-corrected chi connectivity index (χ0v) is 15.8. The van der Waals surface area contributed by atoms with Gasteiger partial charge in [-0.1, -0.05) is 30.3 Å². The summed E-state index contributed by atoms with van der Waals surface area (Å²) in [5.41, 5.74) is 4.35. The van der Waals surface area contributed by atoms with Crippen molar-refractivity contribution in [2.24, 2.45) is 0 Å². The first-order valence-corrected chi connectivity index (χ1v) is 8.92. The molecule has 0 radical (unpaired) electrons. The number of quaternary nitrogens is 1. The second kappa shape index (κ2) is 8.14. The van der Waals surface area contributed by atoms with Gasteiger partial charge < -0.3 is 10.2 Å². The molecular weight excluding hydrogens is 343 g/mol. The van der Waals surface area contributed by atoms with Crippen LogP contribution in [0.3, 0.4) is 0 Å². The maximum Gasteiger partial charge on any atom is 0.279 e. The number of carbonyl (C=O) groups is 1. The number of rotatable bonds is 6. The molecule has 0 spiro atoms. The smallest absolute Gasteiger partial charge is 0.279 e. The molecule has 1 atom stereocenters. The minimum absolute atomic E-state index is 0.208. The molecule has 2 N–H and O–H groups in total. The molecule has 3 rings (SSSR count). The predicted octanol–water partition coefficient (Wildman–Crippen LogP) is 2.28. The number of para-hydroxylation sites is 2. The second-order valence-electron chi connectivity index (χ2n) is 6.74. The molecule has 0 aliphatic carbocycles. The van der Waals surface area contributed by atoms with Gasteiger partial charge in [0, 0.05) is 0 Å². The molecule has 6 heteroatoms. The number of hydrogen-bond donors (Lipinski definition) is 2. The molecular formula is C21H24FN4O+. The normalized spacial score (nSPS) is 12.0. The van der Waals surface area contributed by atoms with Crippen molar-refractivity contribution in [3.8, 4) is 5.69 Å². The van der Waals surface area contributed by atoms with Crippen LogP contribution < -0.4 is 10.2 Å². The molecule has 0 saturated carbocycles. The minimum Gasteiger partial charge on any atom is -0.326 e. The number of halogens is 1. The predicted molar refractivity (Wildman–Crippen MR) is 104 cm³/mol. The molecule has 0 aliphatic heterocycles. The number of amides is 1. The number of anilines is 1. The third kappa shape index (κ3) is 4.41. The summed E-state index contributed by atoms with van der Waals surface area (Å²) in [5.74, 6) is -0.650. The van der Waals surface area contributed by atoms with E-state index in [2.05, 4.69) is 10.4 Å². The zero-order chi connectivity index (χ0) is 19.4. The van der Waals surface area contributed by atoms with Gasteiger partial charge in [-0.15, -0.1) is 0 Å². The first kappa shape index (κ1) is 18.8. The van der Waals surface area contributed by atoms with Crippen molar-refractivity contribution in [3.63, 3.8) is 0 Å². The van der Waals surface area contributed by atoms with Crippen molar-refractivity contribution < 1.29 is 14.1 Å². The molecule has 0 fully saturated rings. The molecule has 1 unspecified atom stereocenters. The summed E-state index contributed by atoms with van der Waals surface area (Å²) in [6.45, 7) is 4.92. The van der Waals surface area contributed by atoms with Gasteiger partial charge in [0.25, 0.3) is 5.91 Å². The van der Waals surface area contributed by atoms with Crippen LogP contribution in [0, 0.1) is 19.7 Å². The highest BCUT2D eigenvalue weighted by molar-refractivity contribution is 5.91. The maximum atomic E-state index is 13.7. The third-order valence-electron chi connectivity index (χ3n) is 4.53. The van der Waals surface area contributed by atoms with Gasteiger partial charge in [0.1, 0.15) is 12.4 Å². The number of carbonyl (C=O) groups excluding carboxylic acids is 1. The second-order valence-corrected chi connectivity index (χ2v) is 6.74. The summed E-state index contributed by atoms with van der Waals surface area (Å²) >= 11 is 0. The standard InChI is InChI=1S/C21H23FN4O/c1-15-18(16(2)26(24-15)17-9-5-4-6-10-17)13-25(3)14-21(27)23-20-12-8-7-11-19(20)22/h4-12H,13-14H2,1-3H3,(H,23,27)/p+1. The van der Waals surface area contributed by atoms with E-state index in [0.29, 0.717) is 6.54 Å². The number of benzene rings is 2. The van der Waals surface area contributed by atoms with E-state index >= 15 is 0 Å². The lowest BCUT2D eigenvalue weighted by molar-refractivity contribution is -0.885. The van der Waals surface area contributed by atoms with Gasteiger partial charge in [-0.2, -0.15) is 5.10 Å². The van der Waals surface area contributed by atoms with Crippen LogP contribution in [0.25, 0.3) is 5.69 Å². The molecule has 27 heavy (non-hydrogen) atoms. The van der Waals surface area contributed by atoms with E-state index < -0.39 is 5.82 Å². The Balaban J connectivity index is 1.68. The average Bonchev–Trinajstić information content (AvgIpc) is 2.92. The molecule has 1 heterocycles. The Morgan fingerprint density at radius 2 is 1.78 bits per heavy atom. The van der Waals surface area contributed by atoms with Gasteiger partial charge in [0.2, 0.25) is 0 Å². The van der Waals surface area contributed by atoms with Crippen molar-refractivity contribution in [3.05, 3.63) is 77.4 Å². The molecule has 3 aromatic rings. The Bertz CT molecular complexity index is 937. The molecule has 0 aliphatic rings. The van der Waals surface area contributed by atoms with Crippen LogP contribution in [0.1, 0.15) is 17.0 Å². The monoisotopic (exact) mass is 367 g/mol. The largest absolute Gasteiger partial charge is 0.326 e. The van der Waals surface area contributed by atoms with Crippen LogP contribution in [0.5, 0.6) is 0 Å². The van der Waals surface area contributed by atoms with Crippen LogP contribution in [0.2, 0.25) is 0 Å². The van der Waals surface area contributed by atoms with Gasteiger partial charge in [-0.05, 0) is 38.1 Å². The highest BCUT2D eigenvalue weighted by Crippen LogP contribution is 2.17.